The first kappa shape index (κ1) is 17.7. The summed E-state index contributed by atoms with van der Waals surface area (Å²) >= 11 is 1.41. The lowest BCUT2D eigenvalue weighted by Crippen LogP contribution is -2.34. The normalized spacial score (nSPS) is 21.6. The number of rotatable bonds is 5. The maximum absolute atomic E-state index is 12.7. The van der Waals surface area contributed by atoms with Crippen LogP contribution in [-0.4, -0.2) is 29.6 Å². The number of aryl methyl sites for hydroxylation is 1. The highest BCUT2D eigenvalue weighted by Crippen LogP contribution is 2.40. The molecule has 2 N–H and O–H groups in total. The number of aliphatic carboxylic acids is 1. The summed E-state index contributed by atoms with van der Waals surface area (Å²) in [6.45, 7) is 2.01. The predicted molar refractivity (Wildman–Crippen MR) is 93.9 cm³/mol. The fraction of sp³-hybridized carbons (Fsp3) is 0.500. The van der Waals surface area contributed by atoms with Gasteiger partial charge in [0.15, 0.2) is 0 Å². The number of hydrogen-bond acceptors (Lipinski definition) is 5. The van der Waals surface area contributed by atoms with E-state index in [0.717, 1.165) is 29.7 Å². The number of allylic oxidation sites excluding steroid dienone is 2. The van der Waals surface area contributed by atoms with Gasteiger partial charge >= 0.3 is 11.9 Å². The van der Waals surface area contributed by atoms with E-state index in [1.165, 1.54) is 11.3 Å². The fourth-order valence-corrected chi connectivity index (χ4v) is 4.77. The van der Waals surface area contributed by atoms with E-state index in [2.05, 4.69) is 5.32 Å². The van der Waals surface area contributed by atoms with Crippen LogP contribution in [0.25, 0.3) is 0 Å². The lowest BCUT2D eigenvalue weighted by atomic mass is 9.82. The molecule has 0 aliphatic heterocycles. The van der Waals surface area contributed by atoms with Gasteiger partial charge in [-0.15, -0.1) is 11.3 Å². The molecule has 0 bridgehead atoms. The molecule has 1 heterocycles. The van der Waals surface area contributed by atoms with Gasteiger partial charge in [-0.05, 0) is 44.6 Å². The molecule has 0 saturated carbocycles. The summed E-state index contributed by atoms with van der Waals surface area (Å²) < 4.78 is 5.15. The van der Waals surface area contributed by atoms with Gasteiger partial charge in [0.25, 0.3) is 0 Å². The number of nitrogens with one attached hydrogen (secondary N) is 1. The van der Waals surface area contributed by atoms with Crippen LogP contribution in [-0.2, 0) is 27.2 Å². The zero-order valence-electron chi connectivity index (χ0n) is 14.0. The van der Waals surface area contributed by atoms with Crippen LogP contribution < -0.4 is 5.32 Å². The van der Waals surface area contributed by atoms with E-state index >= 15 is 0 Å². The number of esters is 1. The Morgan fingerprint density at radius 3 is 2.64 bits per heavy atom. The second-order valence-electron chi connectivity index (χ2n) is 6.27. The van der Waals surface area contributed by atoms with E-state index in [1.807, 2.05) is 6.08 Å². The molecule has 0 spiro atoms. The third-order valence-corrected chi connectivity index (χ3v) is 5.93. The molecule has 1 aromatic rings. The third kappa shape index (κ3) is 3.46. The topological polar surface area (TPSA) is 92.7 Å². The van der Waals surface area contributed by atoms with E-state index in [-0.39, 0.29) is 12.5 Å². The van der Waals surface area contributed by atoms with Gasteiger partial charge in [0.1, 0.15) is 5.00 Å². The Kier molecular flexibility index (Phi) is 5.22. The van der Waals surface area contributed by atoms with Crippen molar-refractivity contribution in [1.82, 2.24) is 0 Å². The lowest BCUT2D eigenvalue weighted by Gasteiger charge is -2.24. The highest BCUT2D eigenvalue weighted by molar-refractivity contribution is 7.17. The molecule has 2 aliphatic carbocycles. The number of hydrogen-bond donors (Lipinski definition) is 2. The first-order valence-electron chi connectivity index (χ1n) is 8.53. The molecule has 7 heteroatoms. The van der Waals surface area contributed by atoms with Crippen molar-refractivity contribution >= 4 is 34.2 Å². The summed E-state index contributed by atoms with van der Waals surface area (Å²) in [6, 6.07) is 0. The molecule has 2 atom stereocenters. The van der Waals surface area contributed by atoms with Crippen molar-refractivity contribution in [3.63, 3.8) is 0 Å². The van der Waals surface area contributed by atoms with E-state index in [4.69, 9.17) is 4.74 Å². The zero-order chi connectivity index (χ0) is 18.0. The Hall–Kier alpha value is -2.15. The smallest absolute Gasteiger partial charge is 0.341 e. The van der Waals surface area contributed by atoms with Crippen LogP contribution in [0, 0.1) is 11.8 Å². The van der Waals surface area contributed by atoms with Gasteiger partial charge < -0.3 is 15.2 Å². The molecule has 1 amide bonds. The largest absolute Gasteiger partial charge is 0.481 e. The number of anilines is 1. The Balaban J connectivity index is 1.85. The summed E-state index contributed by atoms with van der Waals surface area (Å²) in [4.78, 5) is 37.6. The quantitative estimate of drug-likeness (QED) is 0.620. The number of fused-ring (bicyclic) bond motifs is 1. The van der Waals surface area contributed by atoms with Gasteiger partial charge in [0.2, 0.25) is 5.91 Å². The molecule has 0 saturated heterocycles. The molecule has 0 radical (unpaired) electrons. The molecule has 0 unspecified atom stereocenters. The first-order valence-corrected chi connectivity index (χ1v) is 9.34. The molecular formula is C18H21NO5S. The third-order valence-electron chi connectivity index (χ3n) is 4.72. The van der Waals surface area contributed by atoms with Crippen molar-refractivity contribution < 1.29 is 24.2 Å². The second kappa shape index (κ2) is 7.39. The monoisotopic (exact) mass is 363 g/mol. The number of thiophene rings is 1. The minimum atomic E-state index is -0.969. The van der Waals surface area contributed by atoms with Gasteiger partial charge in [-0.3, -0.25) is 9.59 Å². The van der Waals surface area contributed by atoms with Crippen molar-refractivity contribution in [2.24, 2.45) is 11.8 Å². The average Bonchev–Trinajstić information content (AvgIpc) is 3.15. The minimum absolute atomic E-state index is 0.269. The zero-order valence-corrected chi connectivity index (χ0v) is 14.9. The van der Waals surface area contributed by atoms with E-state index in [0.29, 0.717) is 23.4 Å². The maximum atomic E-state index is 12.7. The molecule has 2 aliphatic rings. The number of amides is 1. The van der Waals surface area contributed by atoms with Crippen molar-refractivity contribution in [3.05, 3.63) is 28.2 Å². The van der Waals surface area contributed by atoms with Crippen LogP contribution in [0.15, 0.2) is 12.2 Å². The van der Waals surface area contributed by atoms with Gasteiger partial charge in [-0.2, -0.15) is 0 Å². The van der Waals surface area contributed by atoms with Crippen LogP contribution in [0.2, 0.25) is 0 Å². The number of carbonyl (C=O) groups excluding carboxylic acids is 2. The summed E-state index contributed by atoms with van der Waals surface area (Å²) in [5.74, 6) is -3.10. The number of carboxylic acid groups (broad SMARTS) is 1. The van der Waals surface area contributed by atoms with E-state index < -0.39 is 23.8 Å². The molecule has 1 aromatic heterocycles. The standard InChI is InChI=1S/C18H21NO5S/c1-2-24-18(23)14-12-8-5-9-13(12)25-16(14)19-15(20)10-6-3-4-7-11(10)17(21)22/h3-4,10-11H,2,5-9H2,1H3,(H,19,20)(H,21,22)/t10-,11+/m0/s1. The number of carbonyl (C=O) groups is 3. The fourth-order valence-electron chi connectivity index (χ4n) is 3.49. The van der Waals surface area contributed by atoms with Crippen molar-refractivity contribution in [2.75, 3.05) is 11.9 Å². The van der Waals surface area contributed by atoms with E-state index in [9.17, 15) is 19.5 Å². The summed E-state index contributed by atoms with van der Waals surface area (Å²) in [5.41, 5.74) is 1.42. The highest BCUT2D eigenvalue weighted by Gasteiger charge is 2.35. The van der Waals surface area contributed by atoms with E-state index in [1.54, 1.807) is 13.0 Å². The molecule has 0 aromatic carbocycles. The number of ether oxygens (including phenoxy) is 1. The predicted octanol–water partition coefficient (Wildman–Crippen LogP) is 3.02. The molecular weight excluding hydrogens is 342 g/mol. The highest BCUT2D eigenvalue weighted by atomic mass is 32.1. The molecule has 6 nitrogen and oxygen atoms in total. The van der Waals surface area contributed by atoms with Crippen LogP contribution in [0.1, 0.15) is 47.0 Å². The Labute approximate surface area is 149 Å². The van der Waals surface area contributed by atoms with Gasteiger partial charge in [0.05, 0.1) is 24.0 Å². The van der Waals surface area contributed by atoms with Crippen molar-refractivity contribution in [3.8, 4) is 0 Å². The summed E-state index contributed by atoms with van der Waals surface area (Å²) in [6.07, 6.45) is 7.07. The Morgan fingerprint density at radius 1 is 1.24 bits per heavy atom. The van der Waals surface area contributed by atoms with Gasteiger partial charge in [-0.1, -0.05) is 12.2 Å². The summed E-state index contributed by atoms with van der Waals surface area (Å²) in [7, 11) is 0. The SMILES string of the molecule is CCOC(=O)c1c(NC(=O)[C@H]2CC=CC[C@H]2C(=O)O)sc2c1CCC2. The van der Waals surface area contributed by atoms with Crippen LogP contribution in [0.5, 0.6) is 0 Å². The van der Waals surface area contributed by atoms with Crippen LogP contribution in [0.4, 0.5) is 5.00 Å². The van der Waals surface area contributed by atoms with Crippen molar-refractivity contribution in [1.29, 1.82) is 0 Å². The lowest BCUT2D eigenvalue weighted by molar-refractivity contribution is -0.146. The molecule has 0 fully saturated rings. The minimum Gasteiger partial charge on any atom is -0.481 e. The molecule has 25 heavy (non-hydrogen) atoms. The van der Waals surface area contributed by atoms with Crippen LogP contribution >= 0.6 is 11.3 Å². The Bertz CT molecular complexity index is 736. The second-order valence-corrected chi connectivity index (χ2v) is 7.37. The van der Waals surface area contributed by atoms with Crippen molar-refractivity contribution in [2.45, 2.75) is 39.0 Å². The summed E-state index contributed by atoms with van der Waals surface area (Å²) in [5, 5.41) is 12.7. The molecule has 134 valence electrons. The van der Waals surface area contributed by atoms with Gasteiger partial charge in [0, 0.05) is 4.88 Å². The Morgan fingerprint density at radius 2 is 1.96 bits per heavy atom. The van der Waals surface area contributed by atoms with Crippen LogP contribution in [0.3, 0.4) is 0 Å². The molecule has 3 rings (SSSR count). The maximum Gasteiger partial charge on any atom is 0.341 e. The average molecular weight is 363 g/mol. The number of carboxylic acids is 1. The van der Waals surface area contributed by atoms with Gasteiger partial charge in [-0.25, -0.2) is 4.79 Å². The first-order chi connectivity index (χ1) is 12.0.